The minimum atomic E-state index is -1.52. The fraction of sp³-hybridized carbons (Fsp3) is 0.875. The highest BCUT2D eigenvalue weighted by molar-refractivity contribution is 5.99. The SMILES string of the molecule is CCCCCCC(C)OC(=O)C(C)(C(=O)O)C(C)(C)C. The first kappa shape index (κ1) is 18.9. The van der Waals surface area contributed by atoms with Crippen LogP contribution in [0.15, 0.2) is 0 Å². The van der Waals surface area contributed by atoms with Crippen LogP contribution in [0.2, 0.25) is 0 Å². The summed E-state index contributed by atoms with van der Waals surface area (Å²) in [5.41, 5.74) is -2.22. The molecule has 0 radical (unpaired) electrons. The monoisotopic (exact) mass is 286 g/mol. The minimum absolute atomic E-state index is 0.236. The van der Waals surface area contributed by atoms with Crippen molar-refractivity contribution < 1.29 is 19.4 Å². The van der Waals surface area contributed by atoms with E-state index in [-0.39, 0.29) is 6.10 Å². The van der Waals surface area contributed by atoms with Crippen LogP contribution in [0.3, 0.4) is 0 Å². The number of ether oxygens (including phenoxy) is 1. The summed E-state index contributed by atoms with van der Waals surface area (Å²) in [7, 11) is 0. The van der Waals surface area contributed by atoms with E-state index in [1.807, 2.05) is 6.92 Å². The van der Waals surface area contributed by atoms with Crippen molar-refractivity contribution in [1.82, 2.24) is 0 Å². The predicted molar refractivity (Wildman–Crippen MR) is 79.5 cm³/mol. The Balaban J connectivity index is 4.60. The smallest absolute Gasteiger partial charge is 0.324 e. The Bertz CT molecular complexity index is 330. The third-order valence-corrected chi connectivity index (χ3v) is 4.11. The lowest BCUT2D eigenvalue weighted by atomic mass is 9.68. The Morgan fingerprint density at radius 2 is 1.65 bits per heavy atom. The van der Waals surface area contributed by atoms with E-state index in [1.165, 1.54) is 13.3 Å². The van der Waals surface area contributed by atoms with Gasteiger partial charge in [0, 0.05) is 0 Å². The number of carboxylic acids is 1. The van der Waals surface area contributed by atoms with Crippen LogP contribution >= 0.6 is 0 Å². The van der Waals surface area contributed by atoms with Crippen LogP contribution in [0.1, 0.15) is 73.6 Å². The second-order valence-corrected chi connectivity index (χ2v) is 6.75. The summed E-state index contributed by atoms with van der Waals surface area (Å²) in [4.78, 5) is 23.7. The first-order valence-electron chi connectivity index (χ1n) is 7.51. The zero-order valence-corrected chi connectivity index (χ0v) is 13.8. The lowest BCUT2D eigenvalue weighted by molar-refractivity contribution is -0.179. The summed E-state index contributed by atoms with van der Waals surface area (Å²) in [6.07, 6.45) is 5.01. The van der Waals surface area contributed by atoms with Gasteiger partial charge in [0.1, 0.15) is 0 Å². The number of unbranched alkanes of at least 4 members (excludes halogenated alkanes) is 3. The molecule has 0 aromatic rings. The Morgan fingerprint density at radius 1 is 1.10 bits per heavy atom. The average molecular weight is 286 g/mol. The topological polar surface area (TPSA) is 63.6 Å². The Kier molecular flexibility index (Phi) is 7.25. The molecule has 0 saturated carbocycles. The summed E-state index contributed by atoms with van der Waals surface area (Å²) < 4.78 is 5.36. The van der Waals surface area contributed by atoms with Gasteiger partial charge in [0.25, 0.3) is 0 Å². The van der Waals surface area contributed by atoms with Crippen molar-refractivity contribution in [2.75, 3.05) is 0 Å². The fourth-order valence-corrected chi connectivity index (χ4v) is 1.93. The maximum absolute atomic E-state index is 12.2. The summed E-state index contributed by atoms with van der Waals surface area (Å²) in [6, 6.07) is 0. The largest absolute Gasteiger partial charge is 0.480 e. The molecular formula is C16H30O4. The Labute approximate surface area is 122 Å². The van der Waals surface area contributed by atoms with E-state index in [1.54, 1.807) is 20.8 Å². The molecule has 0 aliphatic rings. The number of aliphatic carboxylic acids is 1. The quantitative estimate of drug-likeness (QED) is 0.416. The Morgan fingerprint density at radius 3 is 2.05 bits per heavy atom. The first-order valence-corrected chi connectivity index (χ1v) is 7.51. The number of esters is 1. The van der Waals surface area contributed by atoms with E-state index in [0.717, 1.165) is 25.7 Å². The number of rotatable bonds is 8. The van der Waals surface area contributed by atoms with Crippen molar-refractivity contribution >= 4 is 11.9 Å². The zero-order valence-electron chi connectivity index (χ0n) is 13.8. The van der Waals surface area contributed by atoms with E-state index in [0.29, 0.717) is 0 Å². The van der Waals surface area contributed by atoms with Gasteiger partial charge in [-0.1, -0.05) is 47.0 Å². The van der Waals surface area contributed by atoms with E-state index in [4.69, 9.17) is 4.74 Å². The Hall–Kier alpha value is -1.06. The van der Waals surface area contributed by atoms with Gasteiger partial charge in [-0.05, 0) is 32.1 Å². The molecule has 2 atom stereocenters. The highest BCUT2D eigenvalue weighted by Gasteiger charge is 2.52. The average Bonchev–Trinajstić information content (AvgIpc) is 2.31. The second kappa shape index (κ2) is 7.65. The fourth-order valence-electron chi connectivity index (χ4n) is 1.93. The highest BCUT2D eigenvalue weighted by Crippen LogP contribution is 2.40. The molecule has 20 heavy (non-hydrogen) atoms. The molecule has 0 spiro atoms. The number of carbonyl (C=O) groups is 2. The standard InChI is InChI=1S/C16H30O4/c1-7-8-9-10-11-12(2)20-14(19)16(6,13(17)18)15(3,4)5/h12H,7-11H2,1-6H3,(H,17,18). The van der Waals surface area contributed by atoms with E-state index in [2.05, 4.69) is 6.92 Å². The molecule has 0 aliphatic heterocycles. The molecule has 0 aliphatic carbocycles. The third kappa shape index (κ3) is 4.80. The summed E-state index contributed by atoms with van der Waals surface area (Å²) in [5.74, 6) is -1.77. The van der Waals surface area contributed by atoms with E-state index in [9.17, 15) is 14.7 Å². The molecule has 0 heterocycles. The maximum Gasteiger partial charge on any atom is 0.324 e. The van der Waals surface area contributed by atoms with Crippen molar-refractivity contribution in [2.24, 2.45) is 10.8 Å². The summed E-state index contributed by atoms with van der Waals surface area (Å²) in [5, 5.41) is 9.40. The van der Waals surface area contributed by atoms with Gasteiger partial charge in [0.15, 0.2) is 5.41 Å². The van der Waals surface area contributed by atoms with Crippen LogP contribution in [-0.4, -0.2) is 23.1 Å². The van der Waals surface area contributed by atoms with Crippen LogP contribution in [0.4, 0.5) is 0 Å². The minimum Gasteiger partial charge on any atom is -0.480 e. The molecule has 0 amide bonds. The molecule has 0 rings (SSSR count). The molecule has 1 N–H and O–H groups in total. The maximum atomic E-state index is 12.2. The molecular weight excluding hydrogens is 256 g/mol. The summed E-state index contributed by atoms with van der Waals surface area (Å²) in [6.45, 7) is 10.7. The van der Waals surface area contributed by atoms with Crippen LogP contribution in [0, 0.1) is 10.8 Å². The van der Waals surface area contributed by atoms with Crippen molar-refractivity contribution in [3.63, 3.8) is 0 Å². The van der Waals surface area contributed by atoms with Crippen molar-refractivity contribution in [3.05, 3.63) is 0 Å². The zero-order chi connectivity index (χ0) is 16.0. The van der Waals surface area contributed by atoms with Gasteiger partial charge in [-0.25, -0.2) is 0 Å². The van der Waals surface area contributed by atoms with Gasteiger partial charge >= 0.3 is 11.9 Å². The van der Waals surface area contributed by atoms with Crippen molar-refractivity contribution in [1.29, 1.82) is 0 Å². The molecule has 0 saturated heterocycles. The molecule has 4 nitrogen and oxygen atoms in total. The van der Waals surface area contributed by atoms with Crippen LogP contribution in [-0.2, 0) is 14.3 Å². The molecule has 4 heteroatoms. The second-order valence-electron chi connectivity index (χ2n) is 6.75. The molecule has 0 aromatic heterocycles. The van der Waals surface area contributed by atoms with E-state index >= 15 is 0 Å². The molecule has 0 bridgehead atoms. The molecule has 0 aromatic carbocycles. The normalized spacial score (nSPS) is 16.3. The predicted octanol–water partition coefficient (Wildman–Crippen LogP) is 4.03. The van der Waals surface area contributed by atoms with E-state index < -0.39 is 22.8 Å². The van der Waals surface area contributed by atoms with Gasteiger partial charge in [-0.2, -0.15) is 0 Å². The number of hydrogen-bond donors (Lipinski definition) is 1. The van der Waals surface area contributed by atoms with Crippen LogP contribution in [0.25, 0.3) is 0 Å². The molecule has 0 fully saturated rings. The lowest BCUT2D eigenvalue weighted by Crippen LogP contribution is -2.48. The third-order valence-electron chi connectivity index (χ3n) is 4.11. The van der Waals surface area contributed by atoms with Gasteiger partial charge in [0.2, 0.25) is 0 Å². The van der Waals surface area contributed by atoms with Gasteiger partial charge in [-0.3, -0.25) is 9.59 Å². The van der Waals surface area contributed by atoms with Gasteiger partial charge in [0.05, 0.1) is 6.10 Å². The number of hydrogen-bond acceptors (Lipinski definition) is 3. The summed E-state index contributed by atoms with van der Waals surface area (Å²) >= 11 is 0. The number of carboxylic acid groups (broad SMARTS) is 1. The molecule has 2 unspecified atom stereocenters. The van der Waals surface area contributed by atoms with Crippen LogP contribution < -0.4 is 0 Å². The highest BCUT2D eigenvalue weighted by atomic mass is 16.5. The van der Waals surface area contributed by atoms with Gasteiger partial charge in [-0.15, -0.1) is 0 Å². The van der Waals surface area contributed by atoms with Crippen molar-refractivity contribution in [3.8, 4) is 0 Å². The van der Waals surface area contributed by atoms with Crippen LogP contribution in [0.5, 0.6) is 0 Å². The van der Waals surface area contributed by atoms with Gasteiger partial charge < -0.3 is 9.84 Å². The van der Waals surface area contributed by atoms with Crippen molar-refractivity contribution in [2.45, 2.75) is 79.8 Å². The number of carbonyl (C=O) groups excluding carboxylic acids is 1. The lowest BCUT2D eigenvalue weighted by Gasteiger charge is -2.36. The molecule has 118 valence electrons. The first-order chi connectivity index (χ1) is 9.07.